The topological polar surface area (TPSA) is 103 Å². The quantitative estimate of drug-likeness (QED) is 0.483. The van der Waals surface area contributed by atoms with Gasteiger partial charge in [-0.15, -0.1) is 0 Å². The molecule has 2 saturated heterocycles. The van der Waals surface area contributed by atoms with Crippen molar-refractivity contribution in [3.63, 3.8) is 0 Å². The van der Waals surface area contributed by atoms with E-state index in [-0.39, 0.29) is 49.0 Å². The summed E-state index contributed by atoms with van der Waals surface area (Å²) in [6, 6.07) is 11.7. The van der Waals surface area contributed by atoms with Crippen LogP contribution in [0.4, 0.5) is 14.9 Å². The van der Waals surface area contributed by atoms with E-state index in [0.717, 1.165) is 17.7 Å². The Kier molecular flexibility index (Phi) is 9.77. The van der Waals surface area contributed by atoms with Gasteiger partial charge in [0.05, 0.1) is 19.8 Å². The van der Waals surface area contributed by atoms with Crippen molar-refractivity contribution in [2.75, 3.05) is 57.4 Å². The number of amides is 2. The van der Waals surface area contributed by atoms with Gasteiger partial charge in [0.2, 0.25) is 5.91 Å². The van der Waals surface area contributed by atoms with Crippen LogP contribution in [0.15, 0.2) is 42.5 Å². The lowest BCUT2D eigenvalue weighted by Gasteiger charge is -2.47. The number of halogens is 1. The average molecular weight is 639 g/mol. The summed E-state index contributed by atoms with van der Waals surface area (Å²) in [4.78, 5) is 47.8. The molecule has 2 fully saturated rings. The molecule has 3 aliphatic heterocycles. The van der Waals surface area contributed by atoms with Gasteiger partial charge in [-0.05, 0) is 82.9 Å². The smallest absolute Gasteiger partial charge is 0.410 e. The molecule has 0 aromatic heterocycles. The number of morpholine rings is 1. The molecule has 250 valence electrons. The van der Waals surface area contributed by atoms with Gasteiger partial charge in [0.1, 0.15) is 16.8 Å². The van der Waals surface area contributed by atoms with E-state index in [1.54, 1.807) is 34.9 Å². The Hall–Kier alpha value is -3.54. The highest BCUT2D eigenvalue weighted by atomic mass is 19.1. The van der Waals surface area contributed by atoms with Crippen molar-refractivity contribution in [3.05, 3.63) is 65.0 Å². The van der Waals surface area contributed by atoms with Crippen LogP contribution in [0.2, 0.25) is 0 Å². The van der Waals surface area contributed by atoms with E-state index in [9.17, 15) is 23.9 Å². The Morgan fingerprint density at radius 1 is 1.02 bits per heavy atom. The number of ether oxygens (including phenoxy) is 2. The van der Waals surface area contributed by atoms with Crippen LogP contribution in [0, 0.1) is 5.82 Å². The van der Waals surface area contributed by atoms with Crippen LogP contribution in [0.3, 0.4) is 0 Å². The molecule has 0 aliphatic carbocycles. The molecule has 0 saturated carbocycles. The molecule has 1 N–H and O–H groups in total. The number of carboxylic acids is 1. The zero-order chi connectivity index (χ0) is 33.4. The minimum absolute atomic E-state index is 0.0229. The molecule has 3 aliphatic rings. The van der Waals surface area contributed by atoms with Gasteiger partial charge in [0.25, 0.3) is 0 Å². The van der Waals surface area contributed by atoms with Crippen molar-refractivity contribution in [1.29, 1.82) is 0 Å². The predicted molar refractivity (Wildman–Crippen MR) is 173 cm³/mol. The summed E-state index contributed by atoms with van der Waals surface area (Å²) in [5.74, 6) is -1.49. The van der Waals surface area contributed by atoms with E-state index in [1.165, 1.54) is 12.1 Å². The Morgan fingerprint density at radius 3 is 2.37 bits per heavy atom. The first kappa shape index (κ1) is 33.8. The summed E-state index contributed by atoms with van der Waals surface area (Å²) in [7, 11) is 0. The molecular formula is C35H47FN4O6. The standard InChI is InChI=1S/C35H47FN4O6/c1-23-17-38(28(18-37-13-14-45-21-24(37)2)19-39(23)33(44)46-34(3,4)5)20-31(41)40-22-35(6,32(42)43)29-12-9-26(16-30(29)40)15-25-7-10-27(36)11-8-25/h7-12,16,23-24,28H,13-15,17-22H2,1-6H3,(H,42,43)/t23-,24-,28+,35+/m1/s1. The maximum absolute atomic E-state index is 14.2. The van der Waals surface area contributed by atoms with Crippen LogP contribution >= 0.6 is 0 Å². The normalized spacial score (nSPS) is 25.8. The van der Waals surface area contributed by atoms with E-state index in [2.05, 4.69) is 16.7 Å². The SMILES string of the molecule is C[C@@H]1COCCN1C[C@H]1CN(C(=O)OC(C)(C)C)[C@H](C)CN1CC(=O)N1C[C@](C)(C(=O)O)c2ccc(Cc3ccc(F)cc3)cc21. The number of carbonyl (C=O) groups excluding carboxylic acids is 2. The van der Waals surface area contributed by atoms with Crippen molar-refractivity contribution in [1.82, 2.24) is 14.7 Å². The van der Waals surface area contributed by atoms with E-state index in [0.29, 0.717) is 50.5 Å². The van der Waals surface area contributed by atoms with E-state index < -0.39 is 17.0 Å². The number of carbonyl (C=O) groups is 3. The summed E-state index contributed by atoms with van der Waals surface area (Å²) in [5.41, 5.74) is 1.11. The lowest BCUT2D eigenvalue weighted by molar-refractivity contribution is -0.142. The fourth-order valence-electron chi connectivity index (χ4n) is 6.72. The number of carboxylic acid groups (broad SMARTS) is 1. The highest BCUT2D eigenvalue weighted by Gasteiger charge is 2.48. The second kappa shape index (κ2) is 13.3. The monoisotopic (exact) mass is 638 g/mol. The van der Waals surface area contributed by atoms with E-state index in [1.807, 2.05) is 39.8 Å². The maximum atomic E-state index is 14.2. The van der Waals surface area contributed by atoms with Crippen LogP contribution in [0.1, 0.15) is 58.2 Å². The van der Waals surface area contributed by atoms with Gasteiger partial charge in [-0.1, -0.05) is 24.3 Å². The second-order valence-electron chi connectivity index (χ2n) is 14.3. The minimum atomic E-state index is -1.26. The highest BCUT2D eigenvalue weighted by molar-refractivity contribution is 6.01. The molecule has 10 nitrogen and oxygen atoms in total. The molecule has 2 amide bonds. The fraction of sp³-hybridized carbons (Fsp3) is 0.571. The Morgan fingerprint density at radius 2 is 1.72 bits per heavy atom. The summed E-state index contributed by atoms with van der Waals surface area (Å²) >= 11 is 0. The molecule has 0 bridgehead atoms. The Balaban J connectivity index is 1.40. The van der Waals surface area contributed by atoms with Gasteiger partial charge in [-0.2, -0.15) is 0 Å². The molecule has 2 aromatic carbocycles. The number of piperazine rings is 1. The van der Waals surface area contributed by atoms with Gasteiger partial charge in [0, 0.05) is 56.5 Å². The number of rotatable bonds is 7. The maximum Gasteiger partial charge on any atom is 0.410 e. The molecule has 2 aromatic rings. The third-order valence-corrected chi connectivity index (χ3v) is 9.39. The molecular weight excluding hydrogens is 591 g/mol. The van der Waals surface area contributed by atoms with Crippen molar-refractivity contribution < 1.29 is 33.4 Å². The molecule has 3 heterocycles. The van der Waals surface area contributed by atoms with Gasteiger partial charge >= 0.3 is 12.1 Å². The molecule has 0 spiro atoms. The minimum Gasteiger partial charge on any atom is -0.481 e. The van der Waals surface area contributed by atoms with Crippen LogP contribution in [0.5, 0.6) is 0 Å². The largest absolute Gasteiger partial charge is 0.481 e. The third kappa shape index (κ3) is 7.37. The van der Waals surface area contributed by atoms with Crippen molar-refractivity contribution >= 4 is 23.7 Å². The van der Waals surface area contributed by atoms with Gasteiger partial charge in [-0.3, -0.25) is 19.4 Å². The molecule has 0 unspecified atom stereocenters. The second-order valence-corrected chi connectivity index (χ2v) is 14.3. The van der Waals surface area contributed by atoms with Crippen molar-refractivity contribution in [3.8, 4) is 0 Å². The lowest BCUT2D eigenvalue weighted by Crippen LogP contribution is -2.64. The number of nitrogens with zero attached hydrogens (tertiary/aromatic N) is 4. The highest BCUT2D eigenvalue weighted by Crippen LogP contribution is 2.42. The zero-order valence-corrected chi connectivity index (χ0v) is 27.8. The van der Waals surface area contributed by atoms with Crippen LogP contribution in [0.25, 0.3) is 0 Å². The first-order chi connectivity index (χ1) is 21.6. The van der Waals surface area contributed by atoms with Crippen molar-refractivity contribution in [2.24, 2.45) is 0 Å². The van der Waals surface area contributed by atoms with Crippen LogP contribution in [-0.2, 0) is 30.9 Å². The van der Waals surface area contributed by atoms with Gasteiger partial charge in [0.15, 0.2) is 0 Å². The number of aliphatic carboxylic acids is 1. The first-order valence-electron chi connectivity index (χ1n) is 16.1. The number of benzene rings is 2. The summed E-state index contributed by atoms with van der Waals surface area (Å²) in [5, 5.41) is 10.3. The molecule has 0 radical (unpaired) electrons. The van der Waals surface area contributed by atoms with Gasteiger partial charge in [-0.25, -0.2) is 9.18 Å². The zero-order valence-electron chi connectivity index (χ0n) is 27.8. The fourth-order valence-corrected chi connectivity index (χ4v) is 6.72. The van der Waals surface area contributed by atoms with Crippen molar-refractivity contribution in [2.45, 2.75) is 77.1 Å². The summed E-state index contributed by atoms with van der Waals surface area (Å²) in [6.07, 6.45) is 0.147. The summed E-state index contributed by atoms with van der Waals surface area (Å²) < 4.78 is 24.9. The lowest BCUT2D eigenvalue weighted by atomic mass is 9.84. The third-order valence-electron chi connectivity index (χ3n) is 9.39. The number of anilines is 1. The number of hydrogen-bond donors (Lipinski definition) is 1. The molecule has 46 heavy (non-hydrogen) atoms. The van der Waals surface area contributed by atoms with Crippen LogP contribution < -0.4 is 4.90 Å². The summed E-state index contributed by atoms with van der Waals surface area (Å²) in [6.45, 7) is 14.9. The molecule has 11 heteroatoms. The average Bonchev–Trinajstić information content (AvgIpc) is 3.29. The Bertz CT molecular complexity index is 1450. The molecule has 5 rings (SSSR count). The predicted octanol–water partition coefficient (Wildman–Crippen LogP) is 4.14. The Labute approximate surface area is 271 Å². The number of hydrogen-bond acceptors (Lipinski definition) is 7. The van der Waals surface area contributed by atoms with Gasteiger partial charge < -0.3 is 24.4 Å². The number of fused-ring (bicyclic) bond motifs is 1. The van der Waals surface area contributed by atoms with Crippen LogP contribution in [-0.4, -0.2) is 114 Å². The van der Waals surface area contributed by atoms with E-state index >= 15 is 0 Å². The molecule has 4 atom stereocenters. The van der Waals surface area contributed by atoms with E-state index in [4.69, 9.17) is 9.47 Å². The first-order valence-corrected chi connectivity index (χ1v) is 16.1.